The molecular weight excluding hydrogens is 368 g/mol. The lowest BCUT2D eigenvalue weighted by Gasteiger charge is -2.14. The molecule has 6 nitrogen and oxygen atoms in total. The highest BCUT2D eigenvalue weighted by Crippen LogP contribution is 2.36. The van der Waals surface area contributed by atoms with Crippen molar-refractivity contribution in [2.75, 3.05) is 12.3 Å². The molecule has 4 aromatic rings. The molecule has 1 aliphatic carbocycles. The first-order chi connectivity index (χ1) is 13.8. The second kappa shape index (κ2) is 7.41. The third kappa shape index (κ3) is 3.31. The molecule has 142 valence electrons. The minimum atomic E-state index is 0.428. The normalized spacial score (nSPS) is 19.6. The molecule has 5 rings (SSSR count). The number of anilines is 1. The number of nitrogen functional groups attached to an aromatic ring is 1. The third-order valence-electron chi connectivity index (χ3n) is 5.58. The van der Waals surface area contributed by atoms with Gasteiger partial charge in [-0.1, -0.05) is 30.3 Å². The number of nitrogens with one attached hydrogen (secondary N) is 1. The number of nitrogens with zero attached hydrogens (tertiary/aromatic N) is 4. The van der Waals surface area contributed by atoms with Gasteiger partial charge in [-0.3, -0.25) is 4.72 Å². The quantitative estimate of drug-likeness (QED) is 0.497. The standard InChI is InChI=1S/C21H22N6S/c22-20-19-21(24-12-23-20)27(13-25-19)17-7-5-14(9-17)11-26-28-18-8-6-15-3-1-2-4-16(15)10-18/h1-4,6,8,10,12-14,17,26H,5,7,9,11H2,(H2,22,23,24). The molecule has 2 unspecified atom stereocenters. The Morgan fingerprint density at radius 2 is 1.96 bits per heavy atom. The summed E-state index contributed by atoms with van der Waals surface area (Å²) < 4.78 is 5.74. The van der Waals surface area contributed by atoms with Gasteiger partial charge in [0.25, 0.3) is 0 Å². The van der Waals surface area contributed by atoms with E-state index in [1.54, 1.807) is 11.9 Å². The molecule has 2 aromatic heterocycles. The highest BCUT2D eigenvalue weighted by Gasteiger charge is 2.27. The van der Waals surface area contributed by atoms with E-state index in [1.807, 2.05) is 6.33 Å². The van der Waals surface area contributed by atoms with Crippen LogP contribution in [0.1, 0.15) is 25.3 Å². The van der Waals surface area contributed by atoms with E-state index in [0.717, 1.165) is 25.0 Å². The van der Waals surface area contributed by atoms with Gasteiger partial charge in [-0.15, -0.1) is 0 Å². The molecule has 3 N–H and O–H groups in total. The molecule has 1 fully saturated rings. The van der Waals surface area contributed by atoms with E-state index < -0.39 is 0 Å². The van der Waals surface area contributed by atoms with Gasteiger partial charge in [0.15, 0.2) is 11.5 Å². The minimum absolute atomic E-state index is 0.428. The molecule has 0 bridgehead atoms. The predicted octanol–water partition coefficient (Wildman–Crippen LogP) is 4.20. The molecule has 28 heavy (non-hydrogen) atoms. The monoisotopic (exact) mass is 390 g/mol. The summed E-state index contributed by atoms with van der Waals surface area (Å²) in [4.78, 5) is 14.1. The lowest BCUT2D eigenvalue weighted by atomic mass is 10.1. The molecule has 1 saturated carbocycles. The van der Waals surface area contributed by atoms with Crippen LogP contribution in [0.2, 0.25) is 0 Å². The summed E-state index contributed by atoms with van der Waals surface area (Å²) in [6.07, 6.45) is 6.85. The van der Waals surface area contributed by atoms with E-state index in [0.29, 0.717) is 23.3 Å². The van der Waals surface area contributed by atoms with Crippen LogP contribution < -0.4 is 10.5 Å². The van der Waals surface area contributed by atoms with Gasteiger partial charge in [-0.05, 0) is 60.0 Å². The number of hydrogen-bond donors (Lipinski definition) is 2. The van der Waals surface area contributed by atoms with Gasteiger partial charge in [0.05, 0.1) is 6.33 Å². The third-order valence-corrected chi connectivity index (χ3v) is 6.38. The Bertz CT molecular complexity index is 1120. The van der Waals surface area contributed by atoms with Crippen LogP contribution in [0.4, 0.5) is 5.82 Å². The molecule has 0 saturated heterocycles. The maximum atomic E-state index is 5.91. The van der Waals surface area contributed by atoms with E-state index in [1.165, 1.54) is 28.4 Å². The van der Waals surface area contributed by atoms with Crippen LogP contribution in [0, 0.1) is 5.92 Å². The number of aromatic nitrogens is 4. The Morgan fingerprint density at radius 3 is 2.89 bits per heavy atom. The van der Waals surface area contributed by atoms with E-state index >= 15 is 0 Å². The summed E-state index contributed by atoms with van der Waals surface area (Å²) in [5, 5.41) is 2.56. The zero-order valence-electron chi connectivity index (χ0n) is 15.5. The summed E-state index contributed by atoms with van der Waals surface area (Å²) >= 11 is 1.72. The molecule has 2 heterocycles. The first-order valence-corrected chi connectivity index (χ1v) is 10.4. The Balaban J connectivity index is 1.20. The Labute approximate surface area is 167 Å². The fraction of sp³-hybridized carbons (Fsp3) is 0.286. The molecule has 0 amide bonds. The second-order valence-corrected chi connectivity index (χ2v) is 8.34. The molecule has 2 aromatic carbocycles. The van der Waals surface area contributed by atoms with Crippen LogP contribution in [0.5, 0.6) is 0 Å². The van der Waals surface area contributed by atoms with Crippen molar-refractivity contribution in [1.29, 1.82) is 0 Å². The summed E-state index contributed by atoms with van der Waals surface area (Å²) in [5.41, 5.74) is 7.46. The average molecular weight is 391 g/mol. The molecule has 1 aliphatic rings. The predicted molar refractivity (Wildman–Crippen MR) is 114 cm³/mol. The Kier molecular flexibility index (Phi) is 4.62. The topological polar surface area (TPSA) is 81.7 Å². The van der Waals surface area contributed by atoms with E-state index in [9.17, 15) is 0 Å². The summed E-state index contributed by atoms with van der Waals surface area (Å²) in [6, 6.07) is 15.5. The van der Waals surface area contributed by atoms with Crippen LogP contribution >= 0.6 is 11.9 Å². The fourth-order valence-corrected chi connectivity index (χ4v) is 4.91. The van der Waals surface area contributed by atoms with Crippen molar-refractivity contribution in [1.82, 2.24) is 24.2 Å². The van der Waals surface area contributed by atoms with Gasteiger partial charge in [-0.25, -0.2) is 15.0 Å². The lowest BCUT2D eigenvalue weighted by Crippen LogP contribution is -2.15. The van der Waals surface area contributed by atoms with Crippen molar-refractivity contribution in [3.63, 3.8) is 0 Å². The number of fused-ring (bicyclic) bond motifs is 2. The smallest absolute Gasteiger partial charge is 0.165 e. The zero-order chi connectivity index (χ0) is 18.9. The number of hydrogen-bond acceptors (Lipinski definition) is 6. The largest absolute Gasteiger partial charge is 0.382 e. The maximum absolute atomic E-state index is 5.91. The summed E-state index contributed by atoms with van der Waals surface area (Å²) in [7, 11) is 0. The second-order valence-electron chi connectivity index (χ2n) is 7.38. The van der Waals surface area contributed by atoms with Crippen molar-refractivity contribution in [3.05, 3.63) is 55.1 Å². The summed E-state index contributed by atoms with van der Waals surface area (Å²) in [6.45, 7) is 0.998. The number of benzene rings is 2. The number of rotatable bonds is 5. The first kappa shape index (κ1) is 17.5. The van der Waals surface area contributed by atoms with Crippen molar-refractivity contribution in [2.45, 2.75) is 30.2 Å². The number of nitrogens with two attached hydrogens (primary N) is 1. The average Bonchev–Trinajstić information content (AvgIpc) is 3.35. The molecule has 0 aliphatic heterocycles. The van der Waals surface area contributed by atoms with Crippen LogP contribution in [0.25, 0.3) is 21.9 Å². The van der Waals surface area contributed by atoms with E-state index in [4.69, 9.17) is 5.73 Å². The van der Waals surface area contributed by atoms with Crippen LogP contribution in [0.3, 0.4) is 0 Å². The number of imidazole rings is 1. The maximum Gasteiger partial charge on any atom is 0.165 e. The van der Waals surface area contributed by atoms with Gasteiger partial charge in [0.1, 0.15) is 11.8 Å². The molecule has 0 radical (unpaired) electrons. The fourth-order valence-electron chi connectivity index (χ4n) is 4.10. The van der Waals surface area contributed by atoms with Gasteiger partial charge in [0.2, 0.25) is 0 Å². The van der Waals surface area contributed by atoms with Crippen molar-refractivity contribution in [2.24, 2.45) is 5.92 Å². The van der Waals surface area contributed by atoms with Gasteiger partial charge >= 0.3 is 0 Å². The van der Waals surface area contributed by atoms with Gasteiger partial charge < -0.3 is 10.3 Å². The van der Waals surface area contributed by atoms with E-state index in [-0.39, 0.29) is 0 Å². The SMILES string of the molecule is Nc1ncnc2c1ncn2C1CCC(CNSc2ccc3ccccc3c2)C1. The highest BCUT2D eigenvalue weighted by atomic mass is 32.2. The van der Waals surface area contributed by atoms with Gasteiger partial charge in [0, 0.05) is 17.5 Å². The van der Waals surface area contributed by atoms with Gasteiger partial charge in [-0.2, -0.15) is 0 Å². The van der Waals surface area contributed by atoms with Crippen molar-refractivity contribution >= 4 is 39.7 Å². The Hall–Kier alpha value is -2.64. The van der Waals surface area contributed by atoms with Crippen LogP contribution in [-0.2, 0) is 0 Å². The van der Waals surface area contributed by atoms with Crippen LogP contribution in [-0.4, -0.2) is 26.1 Å². The highest BCUT2D eigenvalue weighted by molar-refractivity contribution is 7.97. The minimum Gasteiger partial charge on any atom is -0.382 e. The summed E-state index contributed by atoms with van der Waals surface area (Å²) in [5.74, 6) is 1.10. The lowest BCUT2D eigenvalue weighted by molar-refractivity contribution is 0.482. The molecule has 2 atom stereocenters. The molecule has 7 heteroatoms. The van der Waals surface area contributed by atoms with E-state index in [2.05, 4.69) is 66.7 Å². The molecular formula is C21H22N6S. The first-order valence-electron chi connectivity index (χ1n) is 9.59. The van der Waals surface area contributed by atoms with Crippen LogP contribution in [0.15, 0.2) is 60.0 Å². The molecule has 0 spiro atoms. The van der Waals surface area contributed by atoms with Crippen molar-refractivity contribution < 1.29 is 0 Å². The Morgan fingerprint density at radius 1 is 1.07 bits per heavy atom. The zero-order valence-corrected chi connectivity index (χ0v) is 16.3. The van der Waals surface area contributed by atoms with Crippen molar-refractivity contribution in [3.8, 4) is 0 Å².